The van der Waals surface area contributed by atoms with Gasteiger partial charge in [0.05, 0.1) is 0 Å². The highest BCUT2D eigenvalue weighted by Crippen LogP contribution is 2.32. The fourth-order valence-electron chi connectivity index (χ4n) is 4.86. The molecule has 0 spiro atoms. The van der Waals surface area contributed by atoms with Gasteiger partial charge in [0.2, 0.25) is 0 Å². The second kappa shape index (κ2) is 10.6. The Morgan fingerprint density at radius 2 is 1.76 bits per heavy atom. The summed E-state index contributed by atoms with van der Waals surface area (Å²) in [5, 5.41) is 11.2. The molecule has 2 saturated heterocycles. The summed E-state index contributed by atoms with van der Waals surface area (Å²) in [5.41, 5.74) is 3.40. The number of likely N-dealkylation sites (N-methyl/N-ethyl adjacent to an activating group) is 1. The molecule has 0 bridgehead atoms. The minimum atomic E-state index is -0.0822. The molecule has 7 heteroatoms. The summed E-state index contributed by atoms with van der Waals surface area (Å²) in [6, 6.07) is 16.2. The number of aromatic hydroxyl groups is 1. The Labute approximate surface area is 208 Å². The highest BCUT2D eigenvalue weighted by molar-refractivity contribution is 7.80. The number of likely N-dealkylation sites (tertiary alicyclic amines) is 1. The van der Waals surface area contributed by atoms with Gasteiger partial charge >= 0.3 is 0 Å². The smallest absolute Gasteiger partial charge is 0.277 e. The molecule has 0 radical (unpaired) electrons. The van der Waals surface area contributed by atoms with Crippen LogP contribution in [0.4, 0.5) is 5.69 Å². The van der Waals surface area contributed by atoms with Gasteiger partial charge in [0.25, 0.3) is 5.91 Å². The fraction of sp³-hybridized carbons (Fsp3) is 0.407. The van der Waals surface area contributed by atoms with Crippen LogP contribution in [-0.2, 0) is 11.3 Å². The van der Waals surface area contributed by atoms with Gasteiger partial charge in [-0.1, -0.05) is 30.3 Å². The van der Waals surface area contributed by atoms with E-state index >= 15 is 0 Å². The van der Waals surface area contributed by atoms with E-state index in [2.05, 4.69) is 47.9 Å². The third kappa shape index (κ3) is 4.95. The number of nitrogens with zero attached hydrogens (tertiary/aromatic N) is 4. The Balaban J connectivity index is 1.46. The summed E-state index contributed by atoms with van der Waals surface area (Å²) in [5.74, 6) is 0.0814. The van der Waals surface area contributed by atoms with Gasteiger partial charge in [-0.15, -0.1) is 0 Å². The molecule has 2 aliphatic rings. The molecule has 0 aromatic heterocycles. The maximum absolute atomic E-state index is 13.4. The number of phenols is 1. The first-order valence-electron chi connectivity index (χ1n) is 12.1. The Bertz CT molecular complexity index is 1060. The van der Waals surface area contributed by atoms with Crippen LogP contribution in [0.1, 0.15) is 37.8 Å². The van der Waals surface area contributed by atoms with E-state index in [4.69, 9.17) is 12.2 Å². The van der Waals surface area contributed by atoms with Crippen molar-refractivity contribution in [2.24, 2.45) is 0 Å². The number of benzene rings is 2. The lowest BCUT2D eigenvalue weighted by Crippen LogP contribution is -2.47. The predicted octanol–water partition coefficient (Wildman–Crippen LogP) is 4.30. The zero-order chi connectivity index (χ0) is 24.2. The number of carbonyl (C=O) groups is 1. The van der Waals surface area contributed by atoms with E-state index in [0.29, 0.717) is 16.4 Å². The SMILES string of the molecule is CCN(CC)c1ccc(C=C2C(=O)N(C3CCN(Cc4ccccc4)CC3)C(=S)N2C)c(O)c1. The fourth-order valence-corrected chi connectivity index (χ4v) is 5.19. The average molecular weight is 479 g/mol. The Morgan fingerprint density at radius 1 is 1.09 bits per heavy atom. The topological polar surface area (TPSA) is 50.3 Å². The monoisotopic (exact) mass is 478 g/mol. The zero-order valence-corrected chi connectivity index (χ0v) is 21.1. The summed E-state index contributed by atoms with van der Waals surface area (Å²) in [6.45, 7) is 8.70. The highest BCUT2D eigenvalue weighted by atomic mass is 32.1. The summed E-state index contributed by atoms with van der Waals surface area (Å²) in [7, 11) is 1.83. The molecular formula is C27H34N4O2S. The third-order valence-corrected chi connectivity index (χ3v) is 7.37. The van der Waals surface area contributed by atoms with Gasteiger partial charge in [-0.3, -0.25) is 14.6 Å². The van der Waals surface area contributed by atoms with E-state index in [1.165, 1.54) is 5.56 Å². The Kier molecular flexibility index (Phi) is 7.54. The molecule has 34 heavy (non-hydrogen) atoms. The molecule has 0 aliphatic carbocycles. The molecule has 0 saturated carbocycles. The quantitative estimate of drug-likeness (QED) is 0.473. The number of anilines is 1. The number of phenolic OH excluding ortho intramolecular Hbond substituents is 1. The summed E-state index contributed by atoms with van der Waals surface area (Å²) in [6.07, 6.45) is 3.54. The first-order chi connectivity index (χ1) is 16.4. The third-order valence-electron chi connectivity index (χ3n) is 6.90. The van der Waals surface area contributed by atoms with E-state index in [1.807, 2.05) is 25.2 Å². The van der Waals surface area contributed by atoms with Crippen LogP contribution in [0.5, 0.6) is 5.75 Å². The average Bonchev–Trinajstić information content (AvgIpc) is 3.05. The molecular weight excluding hydrogens is 444 g/mol. The van der Waals surface area contributed by atoms with Crippen LogP contribution in [0.15, 0.2) is 54.2 Å². The number of hydrogen-bond donors (Lipinski definition) is 1. The zero-order valence-electron chi connectivity index (χ0n) is 20.3. The molecule has 2 aliphatic heterocycles. The largest absolute Gasteiger partial charge is 0.507 e. The van der Waals surface area contributed by atoms with Gasteiger partial charge in [-0.25, -0.2) is 0 Å². The number of carbonyl (C=O) groups excluding carboxylic acids is 1. The number of thiocarbonyl (C=S) groups is 1. The van der Waals surface area contributed by atoms with E-state index < -0.39 is 0 Å². The van der Waals surface area contributed by atoms with Crippen molar-refractivity contribution in [3.63, 3.8) is 0 Å². The molecule has 6 nitrogen and oxygen atoms in total. The van der Waals surface area contributed by atoms with Gasteiger partial charge < -0.3 is 14.9 Å². The van der Waals surface area contributed by atoms with Crippen molar-refractivity contribution in [2.75, 3.05) is 38.1 Å². The van der Waals surface area contributed by atoms with E-state index in [-0.39, 0.29) is 17.7 Å². The molecule has 1 amide bonds. The van der Waals surface area contributed by atoms with Crippen LogP contribution < -0.4 is 4.90 Å². The molecule has 1 N–H and O–H groups in total. The minimum Gasteiger partial charge on any atom is -0.507 e. The molecule has 180 valence electrons. The molecule has 2 aromatic carbocycles. The van der Waals surface area contributed by atoms with E-state index in [9.17, 15) is 9.90 Å². The number of amides is 1. The van der Waals surface area contributed by atoms with Crippen molar-refractivity contribution in [1.29, 1.82) is 0 Å². The standard InChI is InChI=1S/C27H34N4O2S/c1-4-30(5-2)23-12-11-21(25(32)18-23)17-24-26(33)31(27(34)28(24)3)22-13-15-29(16-14-22)19-20-9-7-6-8-10-20/h6-12,17-18,22,32H,4-5,13-16,19H2,1-3H3. The van der Waals surface area contributed by atoms with Gasteiger partial charge in [0.1, 0.15) is 11.4 Å². The van der Waals surface area contributed by atoms with Crippen molar-refractivity contribution in [3.8, 4) is 5.75 Å². The summed E-state index contributed by atoms with van der Waals surface area (Å²) >= 11 is 5.68. The van der Waals surface area contributed by atoms with Crippen LogP contribution in [0.2, 0.25) is 0 Å². The first-order valence-corrected chi connectivity index (χ1v) is 12.5. The maximum atomic E-state index is 13.4. The number of hydrogen-bond acceptors (Lipinski definition) is 5. The molecule has 0 atom stereocenters. The first kappa shape index (κ1) is 24.2. The Hall–Kier alpha value is -2.90. The molecule has 0 unspecified atom stereocenters. The number of rotatable bonds is 7. The van der Waals surface area contributed by atoms with Crippen molar-refractivity contribution in [2.45, 2.75) is 39.3 Å². The second-order valence-electron chi connectivity index (χ2n) is 8.95. The molecule has 2 fully saturated rings. The van der Waals surface area contributed by atoms with Crippen molar-refractivity contribution in [3.05, 3.63) is 65.4 Å². The van der Waals surface area contributed by atoms with Crippen molar-refractivity contribution in [1.82, 2.24) is 14.7 Å². The van der Waals surface area contributed by atoms with Crippen molar-refractivity contribution < 1.29 is 9.90 Å². The predicted molar refractivity (Wildman–Crippen MR) is 142 cm³/mol. The normalized spacial score (nSPS) is 18.9. The Morgan fingerprint density at radius 3 is 2.38 bits per heavy atom. The van der Waals surface area contributed by atoms with Crippen LogP contribution in [-0.4, -0.2) is 70.1 Å². The van der Waals surface area contributed by atoms with Crippen LogP contribution in [0.3, 0.4) is 0 Å². The van der Waals surface area contributed by atoms with Crippen molar-refractivity contribution >= 4 is 35.0 Å². The maximum Gasteiger partial charge on any atom is 0.277 e. The van der Waals surface area contributed by atoms with E-state index in [1.54, 1.807) is 21.9 Å². The lowest BCUT2D eigenvalue weighted by molar-refractivity contribution is -0.124. The lowest BCUT2D eigenvalue weighted by atomic mass is 10.0. The minimum absolute atomic E-state index is 0.0822. The summed E-state index contributed by atoms with van der Waals surface area (Å²) < 4.78 is 0. The molecule has 4 rings (SSSR count). The van der Waals surface area contributed by atoms with Gasteiger partial charge in [0.15, 0.2) is 5.11 Å². The van der Waals surface area contributed by atoms with E-state index in [0.717, 1.165) is 51.3 Å². The molecule has 2 heterocycles. The van der Waals surface area contributed by atoms with Crippen LogP contribution in [0, 0.1) is 0 Å². The van der Waals surface area contributed by atoms with Gasteiger partial charge in [-0.05, 0) is 62.7 Å². The van der Waals surface area contributed by atoms with Gasteiger partial charge in [-0.2, -0.15) is 0 Å². The summed E-state index contributed by atoms with van der Waals surface area (Å²) in [4.78, 5) is 21.6. The van der Waals surface area contributed by atoms with Gasteiger partial charge in [0, 0.05) is 63.1 Å². The lowest BCUT2D eigenvalue weighted by Gasteiger charge is -2.36. The number of piperidine rings is 1. The molecule has 2 aromatic rings. The highest BCUT2D eigenvalue weighted by Gasteiger charge is 2.41. The second-order valence-corrected chi connectivity index (χ2v) is 9.32. The van der Waals surface area contributed by atoms with Crippen LogP contribution in [0.25, 0.3) is 6.08 Å². The van der Waals surface area contributed by atoms with Crippen LogP contribution >= 0.6 is 12.2 Å².